The van der Waals surface area contributed by atoms with E-state index in [1.807, 2.05) is 0 Å². The van der Waals surface area contributed by atoms with E-state index < -0.39 is 0 Å². The Morgan fingerprint density at radius 3 is 1.29 bits per heavy atom. The molecule has 0 bridgehead atoms. The highest BCUT2D eigenvalue weighted by Gasteiger charge is 2.04. The fraction of sp³-hybridized carbons (Fsp3) is 0.882. The number of unbranched alkanes of at least 4 members (excludes halogenated alkanes) is 8. The summed E-state index contributed by atoms with van der Waals surface area (Å²) >= 11 is 0. The Kier molecular flexibility index (Phi) is 8.26. The molecular formula is C17H32N4. The average Bonchev–Trinajstić information content (AvgIpc) is 3.18. The SMILES string of the molecule is C(CCCCCC1=NCCN1)CCCCCC1=NCCN1. The maximum Gasteiger partial charge on any atom is 0.0964 e. The van der Waals surface area contributed by atoms with Crippen LogP contribution in [0.25, 0.3) is 0 Å². The molecule has 0 saturated carbocycles. The minimum atomic E-state index is 0.985. The molecule has 0 aromatic heterocycles. The van der Waals surface area contributed by atoms with Crippen LogP contribution >= 0.6 is 0 Å². The average molecular weight is 292 g/mol. The third-order valence-corrected chi connectivity index (χ3v) is 4.31. The summed E-state index contributed by atoms with van der Waals surface area (Å²) < 4.78 is 0. The van der Waals surface area contributed by atoms with E-state index in [1.165, 1.54) is 69.5 Å². The lowest BCUT2D eigenvalue weighted by Crippen LogP contribution is -2.17. The molecule has 0 amide bonds. The van der Waals surface area contributed by atoms with Crippen LogP contribution in [-0.4, -0.2) is 37.9 Å². The normalized spacial score (nSPS) is 17.3. The van der Waals surface area contributed by atoms with Crippen LogP contribution in [0.4, 0.5) is 0 Å². The van der Waals surface area contributed by atoms with Gasteiger partial charge in [-0.3, -0.25) is 9.98 Å². The molecule has 21 heavy (non-hydrogen) atoms. The van der Waals surface area contributed by atoms with Gasteiger partial charge in [0.2, 0.25) is 0 Å². The number of aliphatic imine (C=N–C) groups is 2. The topological polar surface area (TPSA) is 48.8 Å². The van der Waals surface area contributed by atoms with Crippen molar-refractivity contribution < 1.29 is 0 Å². The van der Waals surface area contributed by atoms with Gasteiger partial charge in [0.05, 0.1) is 24.8 Å². The Morgan fingerprint density at radius 1 is 0.571 bits per heavy atom. The maximum absolute atomic E-state index is 4.43. The van der Waals surface area contributed by atoms with E-state index in [9.17, 15) is 0 Å². The van der Waals surface area contributed by atoms with E-state index in [0.29, 0.717) is 0 Å². The lowest BCUT2D eigenvalue weighted by Gasteiger charge is -2.04. The second-order valence-corrected chi connectivity index (χ2v) is 6.19. The highest BCUT2D eigenvalue weighted by Crippen LogP contribution is 2.12. The number of nitrogens with one attached hydrogen (secondary N) is 2. The Bertz CT molecular complexity index is 304. The molecule has 2 rings (SSSR count). The lowest BCUT2D eigenvalue weighted by molar-refractivity contribution is 0.563. The minimum absolute atomic E-state index is 0.985. The zero-order valence-electron chi connectivity index (χ0n) is 13.5. The van der Waals surface area contributed by atoms with Gasteiger partial charge in [-0.15, -0.1) is 0 Å². The Balaban J connectivity index is 1.28. The van der Waals surface area contributed by atoms with Crippen molar-refractivity contribution in [1.82, 2.24) is 10.6 Å². The Labute approximate surface area is 129 Å². The monoisotopic (exact) mass is 292 g/mol. The number of amidine groups is 2. The van der Waals surface area contributed by atoms with E-state index in [2.05, 4.69) is 20.6 Å². The molecule has 0 atom stereocenters. The molecule has 0 unspecified atom stereocenters. The highest BCUT2D eigenvalue weighted by molar-refractivity contribution is 5.83. The van der Waals surface area contributed by atoms with Gasteiger partial charge >= 0.3 is 0 Å². The summed E-state index contributed by atoms with van der Waals surface area (Å²) in [4.78, 5) is 8.87. The summed E-state index contributed by atoms with van der Waals surface area (Å²) in [5.41, 5.74) is 0. The van der Waals surface area contributed by atoms with Crippen molar-refractivity contribution in [1.29, 1.82) is 0 Å². The summed E-state index contributed by atoms with van der Waals surface area (Å²) in [6, 6.07) is 0. The largest absolute Gasteiger partial charge is 0.372 e. The zero-order valence-corrected chi connectivity index (χ0v) is 13.5. The van der Waals surface area contributed by atoms with Gasteiger partial charge < -0.3 is 10.6 Å². The standard InChI is InChI=1S/C17H32N4/c1(2-4-6-8-10-16-18-12-13-19-16)3-5-7-9-11-17-20-14-15-21-17/h1-15H2,(H,18,19)(H,20,21). The van der Waals surface area contributed by atoms with Crippen LogP contribution < -0.4 is 10.6 Å². The van der Waals surface area contributed by atoms with Crippen molar-refractivity contribution in [2.45, 2.75) is 70.6 Å². The first kappa shape index (κ1) is 16.3. The van der Waals surface area contributed by atoms with E-state index in [-0.39, 0.29) is 0 Å². The van der Waals surface area contributed by atoms with Crippen LogP contribution in [0, 0.1) is 0 Å². The van der Waals surface area contributed by atoms with Crippen molar-refractivity contribution in [2.75, 3.05) is 26.2 Å². The van der Waals surface area contributed by atoms with E-state index >= 15 is 0 Å². The number of nitrogens with zero attached hydrogens (tertiary/aromatic N) is 2. The predicted octanol–water partition coefficient (Wildman–Crippen LogP) is 3.28. The molecule has 2 aliphatic heterocycles. The third kappa shape index (κ3) is 7.49. The van der Waals surface area contributed by atoms with Crippen LogP contribution in [-0.2, 0) is 0 Å². The van der Waals surface area contributed by atoms with E-state index in [0.717, 1.165) is 39.0 Å². The quantitative estimate of drug-likeness (QED) is 0.542. The van der Waals surface area contributed by atoms with Crippen molar-refractivity contribution in [2.24, 2.45) is 9.98 Å². The second-order valence-electron chi connectivity index (χ2n) is 6.19. The third-order valence-electron chi connectivity index (χ3n) is 4.31. The molecule has 4 nitrogen and oxygen atoms in total. The summed E-state index contributed by atoms with van der Waals surface area (Å²) in [5, 5.41) is 6.69. The molecule has 4 heteroatoms. The molecule has 0 aromatic carbocycles. The van der Waals surface area contributed by atoms with Gasteiger partial charge in [0.15, 0.2) is 0 Å². The van der Waals surface area contributed by atoms with Crippen molar-refractivity contribution in [3.8, 4) is 0 Å². The van der Waals surface area contributed by atoms with Crippen molar-refractivity contribution >= 4 is 11.7 Å². The molecule has 2 heterocycles. The van der Waals surface area contributed by atoms with Crippen LogP contribution in [0.1, 0.15) is 70.6 Å². The Hall–Kier alpha value is -1.06. The Morgan fingerprint density at radius 2 is 0.952 bits per heavy atom. The minimum Gasteiger partial charge on any atom is -0.372 e. The van der Waals surface area contributed by atoms with Gasteiger partial charge in [-0.2, -0.15) is 0 Å². The summed E-state index contributed by atoms with van der Waals surface area (Å²) in [6.45, 7) is 4.08. The lowest BCUT2D eigenvalue weighted by atomic mass is 10.1. The molecule has 0 radical (unpaired) electrons. The first-order chi connectivity index (χ1) is 10.4. The first-order valence-corrected chi connectivity index (χ1v) is 8.99. The fourth-order valence-corrected chi connectivity index (χ4v) is 3.05. The van der Waals surface area contributed by atoms with Crippen LogP contribution in [0.5, 0.6) is 0 Å². The molecule has 2 aliphatic rings. The first-order valence-electron chi connectivity index (χ1n) is 8.99. The summed E-state index contributed by atoms with van der Waals surface area (Å²) in [5.74, 6) is 2.49. The molecule has 0 aliphatic carbocycles. The van der Waals surface area contributed by atoms with Gasteiger partial charge in [-0.25, -0.2) is 0 Å². The molecular weight excluding hydrogens is 260 g/mol. The number of rotatable bonds is 12. The zero-order chi connectivity index (χ0) is 14.6. The highest BCUT2D eigenvalue weighted by atomic mass is 15.1. The summed E-state index contributed by atoms with van der Waals surface area (Å²) in [7, 11) is 0. The van der Waals surface area contributed by atoms with Crippen molar-refractivity contribution in [3.05, 3.63) is 0 Å². The molecule has 0 fully saturated rings. The summed E-state index contributed by atoms with van der Waals surface area (Å²) in [6.07, 6.45) is 14.7. The van der Waals surface area contributed by atoms with E-state index in [1.54, 1.807) is 0 Å². The second kappa shape index (κ2) is 10.6. The maximum atomic E-state index is 4.43. The van der Waals surface area contributed by atoms with Gasteiger partial charge in [0.25, 0.3) is 0 Å². The molecule has 120 valence electrons. The number of hydrogen-bond donors (Lipinski definition) is 2. The van der Waals surface area contributed by atoms with E-state index in [4.69, 9.17) is 0 Å². The van der Waals surface area contributed by atoms with Gasteiger partial charge in [0.1, 0.15) is 0 Å². The predicted molar refractivity (Wildman–Crippen MR) is 91.4 cm³/mol. The van der Waals surface area contributed by atoms with Crippen LogP contribution in [0.3, 0.4) is 0 Å². The van der Waals surface area contributed by atoms with Crippen LogP contribution in [0.2, 0.25) is 0 Å². The molecule has 2 N–H and O–H groups in total. The molecule has 0 aromatic rings. The molecule has 0 saturated heterocycles. The fourth-order valence-electron chi connectivity index (χ4n) is 3.05. The van der Waals surface area contributed by atoms with Gasteiger partial charge in [-0.05, 0) is 12.8 Å². The number of hydrogen-bond acceptors (Lipinski definition) is 4. The molecule has 0 spiro atoms. The van der Waals surface area contributed by atoms with Gasteiger partial charge in [0, 0.05) is 25.9 Å². The smallest absolute Gasteiger partial charge is 0.0964 e. The van der Waals surface area contributed by atoms with Crippen LogP contribution in [0.15, 0.2) is 9.98 Å². The van der Waals surface area contributed by atoms with Gasteiger partial charge in [-0.1, -0.05) is 44.9 Å². The van der Waals surface area contributed by atoms with Crippen molar-refractivity contribution in [3.63, 3.8) is 0 Å².